The van der Waals surface area contributed by atoms with Crippen LogP contribution in [0.4, 0.5) is 0 Å². The van der Waals surface area contributed by atoms with Gasteiger partial charge in [0.15, 0.2) is 52.4 Å². The van der Waals surface area contributed by atoms with E-state index in [1.54, 1.807) is 60.1 Å². The van der Waals surface area contributed by atoms with Crippen LogP contribution >= 0.6 is 0 Å². The van der Waals surface area contributed by atoms with Crippen LogP contribution in [0.2, 0.25) is 0 Å². The Labute approximate surface area is 524 Å². The van der Waals surface area contributed by atoms with Gasteiger partial charge >= 0.3 is 0 Å². The van der Waals surface area contributed by atoms with Crippen LogP contribution in [0.5, 0.6) is 34.8 Å². The monoisotopic (exact) mass is 1220 g/mol. The molecule has 6 aromatic carbocycles. The van der Waals surface area contributed by atoms with E-state index in [9.17, 15) is 4.79 Å². The number of aromatic nitrogens is 17. The summed E-state index contributed by atoms with van der Waals surface area (Å²) in [6.07, 6.45) is 3.77. The first-order valence-corrected chi connectivity index (χ1v) is 28.9. The van der Waals surface area contributed by atoms with E-state index in [0.717, 1.165) is 83.7 Å². The number of hydrogen-bond acceptors (Lipinski definition) is 21. The minimum atomic E-state index is -0.432. The Bertz CT molecular complexity index is 4920. The molecular weight excluding hydrogens is 1170 g/mol. The molecule has 92 heavy (non-hydrogen) atoms. The van der Waals surface area contributed by atoms with Gasteiger partial charge in [0.25, 0.3) is 0 Å². The minimum absolute atomic E-state index is 0.0280. The van der Waals surface area contributed by atoms with Crippen molar-refractivity contribution >= 4 is 55.4 Å². The average Bonchev–Trinajstić information content (AvgIpc) is 1.73. The number of fused-ring (bicyclic) bond motifs is 6. The second-order valence-electron chi connectivity index (χ2n) is 20.7. The number of benzene rings is 6. The third-order valence-electron chi connectivity index (χ3n) is 14.8. The largest absolute Gasteiger partial charge is 0.497 e. The van der Waals surface area contributed by atoms with E-state index in [1.165, 1.54) is 12.7 Å². The van der Waals surface area contributed by atoms with Gasteiger partial charge in [-0.1, -0.05) is 84.9 Å². The lowest BCUT2D eigenvalue weighted by Gasteiger charge is -2.14. The van der Waals surface area contributed by atoms with Crippen molar-refractivity contribution < 1.29 is 33.2 Å². The Morgan fingerprint density at radius 2 is 0.870 bits per heavy atom. The molecule has 0 saturated heterocycles. The van der Waals surface area contributed by atoms with E-state index in [-0.39, 0.29) is 12.4 Å². The fourth-order valence-electron chi connectivity index (χ4n) is 10.00. The number of methoxy groups -OCH3 is 3. The summed E-state index contributed by atoms with van der Waals surface area (Å²) in [5, 5.41) is 42.0. The van der Waals surface area contributed by atoms with Gasteiger partial charge in [-0.2, -0.15) is 28.8 Å². The third-order valence-corrected chi connectivity index (χ3v) is 14.8. The number of hydrogen-bond donors (Lipinski definition) is 0. The van der Waals surface area contributed by atoms with Crippen molar-refractivity contribution in [1.82, 2.24) is 84.4 Å². The van der Waals surface area contributed by atoms with Crippen molar-refractivity contribution in [3.63, 3.8) is 0 Å². The molecule has 0 unspecified atom stereocenters. The van der Waals surface area contributed by atoms with Crippen LogP contribution in [0.25, 0.3) is 83.4 Å². The van der Waals surface area contributed by atoms with Crippen LogP contribution in [0.15, 0.2) is 201 Å². The van der Waals surface area contributed by atoms with Crippen molar-refractivity contribution in [1.29, 1.82) is 0 Å². The van der Waals surface area contributed by atoms with Crippen molar-refractivity contribution in [3.8, 4) is 68.5 Å². The van der Waals surface area contributed by atoms with E-state index in [4.69, 9.17) is 38.6 Å². The molecule has 0 amide bonds. The summed E-state index contributed by atoms with van der Waals surface area (Å²) >= 11 is 0. The molecule has 2 atom stereocenters. The molecule has 0 bridgehead atoms. The third kappa shape index (κ3) is 12.4. The highest BCUT2D eigenvalue weighted by Gasteiger charge is 2.22. The van der Waals surface area contributed by atoms with E-state index in [1.807, 2.05) is 184 Å². The summed E-state index contributed by atoms with van der Waals surface area (Å²) in [4.78, 5) is 33.1. The van der Waals surface area contributed by atoms with Gasteiger partial charge in [-0.25, -0.2) is 19.9 Å². The number of carbonyl (C=O) groups is 1. The fourth-order valence-corrected chi connectivity index (χ4v) is 10.00. The molecule has 9 aromatic heterocycles. The van der Waals surface area contributed by atoms with Gasteiger partial charge in [0, 0.05) is 52.0 Å². The van der Waals surface area contributed by atoms with Gasteiger partial charge in [0.05, 0.1) is 65.7 Å². The summed E-state index contributed by atoms with van der Waals surface area (Å²) in [7, 11) is 4.86. The summed E-state index contributed by atoms with van der Waals surface area (Å²) in [5.41, 5.74) is 10.2. The average molecular weight is 1220 g/mol. The van der Waals surface area contributed by atoms with Crippen molar-refractivity contribution in [3.05, 3.63) is 224 Å². The minimum Gasteiger partial charge on any atom is -0.497 e. The van der Waals surface area contributed by atoms with Crippen LogP contribution in [0.3, 0.4) is 0 Å². The zero-order valence-electron chi connectivity index (χ0n) is 50.4. The first-order valence-electron chi connectivity index (χ1n) is 28.9. The SMILES string of the molecule is COc1ccc2c(OCc3nnc4ccc(-c5ccc(C(C)=O)cc5)nn34)ccnc2c1.COc1ccc2c(O[C@@H](C)c3nnc4ccc(-c5ccccc5)nn34)ncnc2c1.COc1ccc2c(O[C@H](C)c3nnc4ccc(-c5ccccc5)nn34)ncnc2c1. The van der Waals surface area contributed by atoms with E-state index >= 15 is 0 Å². The summed E-state index contributed by atoms with van der Waals surface area (Å²) in [6, 6.07) is 57.3. The van der Waals surface area contributed by atoms with Gasteiger partial charge in [0.2, 0.25) is 11.8 Å². The Balaban J connectivity index is 0.000000126. The number of ether oxygens (including phenoxy) is 6. The number of pyridine rings is 1. The van der Waals surface area contributed by atoms with Crippen LogP contribution < -0.4 is 28.4 Å². The zero-order valence-corrected chi connectivity index (χ0v) is 50.4. The zero-order chi connectivity index (χ0) is 63.1. The molecule has 0 spiro atoms. The maximum Gasteiger partial charge on any atom is 0.225 e. The highest BCUT2D eigenvalue weighted by atomic mass is 16.5. The van der Waals surface area contributed by atoms with Gasteiger partial charge < -0.3 is 28.4 Å². The molecule has 15 aromatic rings. The van der Waals surface area contributed by atoms with Gasteiger partial charge in [-0.3, -0.25) is 9.78 Å². The number of Topliss-reactive ketones (excluding diaryl/α,β-unsaturated/α-hetero) is 1. The Morgan fingerprint density at radius 1 is 0.435 bits per heavy atom. The molecule has 0 aliphatic carbocycles. The Kier molecular flexibility index (Phi) is 16.6. The molecule has 0 fully saturated rings. The maximum atomic E-state index is 11.5. The second kappa shape index (κ2) is 26.1. The molecule has 9 heterocycles. The number of ketones is 1. The lowest BCUT2D eigenvalue weighted by atomic mass is 10.1. The first-order chi connectivity index (χ1) is 45.1. The maximum absolute atomic E-state index is 11.5. The van der Waals surface area contributed by atoms with E-state index in [0.29, 0.717) is 57.5 Å². The van der Waals surface area contributed by atoms with Gasteiger partial charge in [-0.05, 0) is 99.6 Å². The molecule has 24 heteroatoms. The van der Waals surface area contributed by atoms with Gasteiger partial charge in [0.1, 0.15) is 42.3 Å². The highest BCUT2D eigenvalue weighted by Crippen LogP contribution is 2.32. The van der Waals surface area contributed by atoms with Crippen LogP contribution in [0.1, 0.15) is 60.8 Å². The standard InChI is InChI=1S/C24H19N5O3.2C22H18N6O2/c1-15(30)16-3-5-17(6-4-16)20-9-10-23-26-27-24(29(23)28-20)14-32-22-11-12-25-21-13-18(31-2)7-8-19(21)22;2*1-14(30-22-17-9-8-16(29-2)12-19(17)23-13-24-22)21-26-25-20-11-10-18(27-28(20)21)15-6-4-3-5-7-15/h3-13H,14H2,1-2H3;2*3-14H,1-2H3/t;2*14-/m.10/s1. The number of carbonyl (C=O) groups excluding carboxylic acids is 1. The highest BCUT2D eigenvalue weighted by molar-refractivity contribution is 5.94. The molecule has 0 N–H and O–H groups in total. The molecule has 454 valence electrons. The van der Waals surface area contributed by atoms with Crippen LogP contribution in [0, 0.1) is 0 Å². The van der Waals surface area contributed by atoms with Crippen molar-refractivity contribution in [2.45, 2.75) is 39.6 Å². The molecular formula is C68H55N17O7. The molecule has 15 rings (SSSR count). The van der Waals surface area contributed by atoms with Gasteiger partial charge in [-0.15, -0.1) is 30.6 Å². The normalized spacial score (nSPS) is 11.8. The van der Waals surface area contributed by atoms with Crippen LogP contribution in [-0.4, -0.2) is 111 Å². The summed E-state index contributed by atoms with van der Waals surface area (Å²) < 4.78 is 39.2. The fraction of sp³-hybridized carbons (Fsp3) is 0.132. The molecule has 0 aliphatic rings. The molecule has 24 nitrogen and oxygen atoms in total. The Hall–Kier alpha value is -12.5. The smallest absolute Gasteiger partial charge is 0.225 e. The first kappa shape index (κ1) is 58.5. The van der Waals surface area contributed by atoms with Crippen molar-refractivity contribution in [2.24, 2.45) is 0 Å². The summed E-state index contributed by atoms with van der Waals surface area (Å²) in [6.45, 7) is 5.52. The predicted molar refractivity (Wildman–Crippen MR) is 342 cm³/mol. The molecule has 0 radical (unpaired) electrons. The van der Waals surface area contributed by atoms with E-state index < -0.39 is 12.2 Å². The number of nitrogens with zero attached hydrogens (tertiary/aromatic N) is 17. The topological polar surface area (TPSA) is 266 Å². The Morgan fingerprint density at radius 3 is 1.35 bits per heavy atom. The van der Waals surface area contributed by atoms with Crippen molar-refractivity contribution in [2.75, 3.05) is 21.3 Å². The quantitative estimate of drug-likeness (QED) is 0.0813. The lowest BCUT2D eigenvalue weighted by Crippen LogP contribution is -2.11. The number of rotatable bonds is 16. The van der Waals surface area contributed by atoms with E-state index in [2.05, 4.69) is 60.6 Å². The van der Waals surface area contributed by atoms with Crippen LogP contribution in [-0.2, 0) is 6.61 Å². The molecule has 0 saturated carbocycles. The predicted octanol–water partition coefficient (Wildman–Crippen LogP) is 11.9. The summed E-state index contributed by atoms with van der Waals surface area (Å²) in [5.74, 6) is 5.57. The molecule has 0 aliphatic heterocycles. The second-order valence-corrected chi connectivity index (χ2v) is 20.7. The lowest BCUT2D eigenvalue weighted by molar-refractivity contribution is 0.101.